The number of carbonyl (C=O) groups excluding carboxylic acids is 1. The Kier molecular flexibility index (Phi) is 3.13. The second kappa shape index (κ2) is 5.31. The molecule has 0 bridgehead atoms. The number of anilines is 2. The number of nitriles is 1. The van der Waals surface area contributed by atoms with E-state index in [1.807, 2.05) is 6.07 Å². The number of nitrogens with zero attached hydrogens (tertiary/aromatic N) is 4. The van der Waals surface area contributed by atoms with Crippen LogP contribution in [0.2, 0.25) is 0 Å². The van der Waals surface area contributed by atoms with Crippen molar-refractivity contribution in [2.75, 3.05) is 11.1 Å². The zero-order valence-corrected chi connectivity index (χ0v) is 12.5. The number of carbonyl (C=O) groups is 1. The Labute approximate surface area is 136 Å². The van der Waals surface area contributed by atoms with E-state index in [-0.39, 0.29) is 17.7 Å². The van der Waals surface area contributed by atoms with Gasteiger partial charge in [0.15, 0.2) is 0 Å². The van der Waals surface area contributed by atoms with Gasteiger partial charge in [0.2, 0.25) is 5.91 Å². The maximum absolute atomic E-state index is 12.0. The predicted octanol–water partition coefficient (Wildman–Crippen LogP) is 1.70. The minimum absolute atomic E-state index is 0.175. The van der Waals surface area contributed by atoms with E-state index < -0.39 is 0 Å². The molecular formula is C16H13N7O. The van der Waals surface area contributed by atoms with Gasteiger partial charge in [0.05, 0.1) is 29.8 Å². The Balaban J connectivity index is 1.67. The number of hydrogen-bond donors (Lipinski definition) is 3. The van der Waals surface area contributed by atoms with Crippen molar-refractivity contribution >= 4 is 28.3 Å². The van der Waals surface area contributed by atoms with Gasteiger partial charge in [-0.1, -0.05) is 0 Å². The average Bonchev–Trinajstić information content (AvgIpc) is 3.17. The zero-order chi connectivity index (χ0) is 16.7. The van der Waals surface area contributed by atoms with Gasteiger partial charge in [-0.3, -0.25) is 9.89 Å². The van der Waals surface area contributed by atoms with Crippen LogP contribution in [0, 0.1) is 23.2 Å². The van der Waals surface area contributed by atoms with Crippen LogP contribution in [-0.4, -0.2) is 26.1 Å². The lowest BCUT2D eigenvalue weighted by Crippen LogP contribution is -2.15. The molecule has 3 aromatic rings. The molecule has 1 aliphatic rings. The monoisotopic (exact) mass is 319 g/mol. The van der Waals surface area contributed by atoms with Gasteiger partial charge in [-0.25, -0.2) is 9.97 Å². The first kappa shape index (κ1) is 14.1. The molecule has 0 radical (unpaired) electrons. The van der Waals surface area contributed by atoms with Crippen LogP contribution in [0.1, 0.15) is 6.42 Å². The zero-order valence-electron chi connectivity index (χ0n) is 12.5. The normalized spacial score (nSPS) is 19.0. The average molecular weight is 319 g/mol. The Morgan fingerprint density at radius 2 is 2.29 bits per heavy atom. The highest BCUT2D eigenvalue weighted by atomic mass is 16.2. The molecule has 1 unspecified atom stereocenters. The minimum Gasteiger partial charge on any atom is -0.383 e. The number of nitrogens with one attached hydrogen (secondary N) is 2. The maximum Gasteiger partial charge on any atom is 0.230 e. The van der Waals surface area contributed by atoms with Crippen molar-refractivity contribution in [3.05, 3.63) is 30.7 Å². The van der Waals surface area contributed by atoms with Gasteiger partial charge < -0.3 is 11.1 Å². The minimum atomic E-state index is -0.239. The predicted molar refractivity (Wildman–Crippen MR) is 87.4 cm³/mol. The molecule has 4 N–H and O–H groups in total. The summed E-state index contributed by atoms with van der Waals surface area (Å²) in [5.41, 5.74) is 7.51. The molecule has 118 valence electrons. The van der Waals surface area contributed by atoms with Crippen LogP contribution in [0.5, 0.6) is 0 Å². The maximum atomic E-state index is 12.0. The second-order valence-corrected chi connectivity index (χ2v) is 5.74. The van der Waals surface area contributed by atoms with Crippen molar-refractivity contribution in [2.24, 2.45) is 11.8 Å². The largest absolute Gasteiger partial charge is 0.383 e. The number of hydrogen-bond acceptors (Lipinski definition) is 6. The van der Waals surface area contributed by atoms with Crippen molar-refractivity contribution in [3.8, 4) is 17.3 Å². The summed E-state index contributed by atoms with van der Waals surface area (Å²) >= 11 is 0. The Bertz CT molecular complexity index is 974. The smallest absolute Gasteiger partial charge is 0.230 e. The Morgan fingerprint density at radius 3 is 3.00 bits per heavy atom. The van der Waals surface area contributed by atoms with Gasteiger partial charge in [-0.2, -0.15) is 10.4 Å². The summed E-state index contributed by atoms with van der Waals surface area (Å²) in [6.07, 6.45) is 5.58. The number of H-pyrrole nitrogens is 1. The molecule has 3 aromatic heterocycles. The first-order valence-corrected chi connectivity index (χ1v) is 7.41. The molecule has 0 spiro atoms. The van der Waals surface area contributed by atoms with Gasteiger partial charge in [0.25, 0.3) is 0 Å². The number of rotatable bonds is 3. The van der Waals surface area contributed by atoms with Gasteiger partial charge in [0, 0.05) is 23.3 Å². The first-order chi connectivity index (χ1) is 11.7. The lowest BCUT2D eigenvalue weighted by atomic mass is 10.1. The van der Waals surface area contributed by atoms with Gasteiger partial charge in [0.1, 0.15) is 11.6 Å². The van der Waals surface area contributed by atoms with Crippen molar-refractivity contribution in [1.29, 1.82) is 5.26 Å². The number of aromatic amines is 1. The molecule has 1 fully saturated rings. The van der Waals surface area contributed by atoms with E-state index in [4.69, 9.17) is 11.0 Å². The van der Waals surface area contributed by atoms with E-state index in [1.54, 1.807) is 24.7 Å². The summed E-state index contributed by atoms with van der Waals surface area (Å²) < 4.78 is 0. The van der Waals surface area contributed by atoms with Crippen LogP contribution in [0.3, 0.4) is 0 Å². The van der Waals surface area contributed by atoms with Crippen LogP contribution in [0.25, 0.3) is 22.0 Å². The van der Waals surface area contributed by atoms with E-state index in [1.165, 1.54) is 0 Å². The van der Waals surface area contributed by atoms with E-state index in [2.05, 4.69) is 31.6 Å². The van der Waals surface area contributed by atoms with Crippen LogP contribution in [-0.2, 0) is 4.79 Å². The van der Waals surface area contributed by atoms with Crippen LogP contribution in [0.15, 0.2) is 30.7 Å². The van der Waals surface area contributed by atoms with E-state index >= 15 is 0 Å². The number of nitrogens with two attached hydrogens (primary N) is 1. The van der Waals surface area contributed by atoms with Crippen molar-refractivity contribution in [3.63, 3.8) is 0 Å². The number of pyridine rings is 2. The molecule has 0 saturated heterocycles. The van der Waals surface area contributed by atoms with Gasteiger partial charge in [-0.05, 0) is 23.9 Å². The molecule has 24 heavy (non-hydrogen) atoms. The SMILES string of the molecule is N#C[C@H]1CC1C(=O)Nc1cc2cc(-c3cn[nH]c3)nc(N)c2cn1. The lowest BCUT2D eigenvalue weighted by molar-refractivity contribution is -0.117. The second-order valence-electron chi connectivity index (χ2n) is 5.74. The summed E-state index contributed by atoms with van der Waals surface area (Å²) in [5, 5.41) is 19.7. The summed E-state index contributed by atoms with van der Waals surface area (Å²) in [5.74, 6) is 0.195. The third kappa shape index (κ3) is 2.42. The van der Waals surface area contributed by atoms with Gasteiger partial charge in [-0.15, -0.1) is 0 Å². The third-order valence-corrected chi connectivity index (χ3v) is 4.08. The molecule has 2 atom stereocenters. The van der Waals surface area contributed by atoms with E-state index in [0.29, 0.717) is 29.1 Å². The van der Waals surface area contributed by atoms with Crippen molar-refractivity contribution in [1.82, 2.24) is 20.2 Å². The Hall–Kier alpha value is -3.47. The van der Waals surface area contributed by atoms with E-state index in [0.717, 1.165) is 10.9 Å². The number of fused-ring (bicyclic) bond motifs is 1. The fraction of sp³-hybridized carbons (Fsp3) is 0.188. The quantitative estimate of drug-likeness (QED) is 0.672. The van der Waals surface area contributed by atoms with Crippen molar-refractivity contribution < 1.29 is 4.79 Å². The van der Waals surface area contributed by atoms with Crippen LogP contribution >= 0.6 is 0 Å². The van der Waals surface area contributed by atoms with Crippen molar-refractivity contribution in [2.45, 2.75) is 6.42 Å². The molecule has 1 amide bonds. The molecule has 1 aliphatic carbocycles. The summed E-state index contributed by atoms with van der Waals surface area (Å²) in [4.78, 5) is 20.6. The van der Waals surface area contributed by atoms with Gasteiger partial charge >= 0.3 is 0 Å². The lowest BCUT2D eigenvalue weighted by Gasteiger charge is -2.08. The highest BCUT2D eigenvalue weighted by molar-refractivity contribution is 5.98. The molecular weight excluding hydrogens is 306 g/mol. The summed E-state index contributed by atoms with van der Waals surface area (Å²) in [6.45, 7) is 0. The Morgan fingerprint density at radius 1 is 1.42 bits per heavy atom. The topological polar surface area (TPSA) is 133 Å². The van der Waals surface area contributed by atoms with Crippen LogP contribution < -0.4 is 11.1 Å². The third-order valence-electron chi connectivity index (χ3n) is 4.08. The molecule has 4 rings (SSSR count). The number of amides is 1. The highest BCUT2D eigenvalue weighted by Crippen LogP contribution is 2.38. The standard InChI is InChI=1S/C16H13N7O/c17-4-9-1-11(9)16(24)23-14-3-8-2-13(10-5-20-21-6-10)22-15(18)12(8)7-19-14/h2-3,5-7,9,11H,1H2,(H2,18,22)(H,20,21)(H,19,23,24)/t9-,11?/m1/s1. The summed E-state index contributed by atoms with van der Waals surface area (Å²) in [7, 11) is 0. The highest BCUT2D eigenvalue weighted by Gasteiger charge is 2.43. The number of nitrogen functional groups attached to an aromatic ring is 1. The van der Waals surface area contributed by atoms with E-state index in [9.17, 15) is 4.79 Å². The number of aromatic nitrogens is 4. The molecule has 0 aromatic carbocycles. The first-order valence-electron chi connectivity index (χ1n) is 7.41. The van der Waals surface area contributed by atoms with Crippen LogP contribution in [0.4, 0.5) is 11.6 Å². The fourth-order valence-corrected chi connectivity index (χ4v) is 2.63. The molecule has 8 nitrogen and oxygen atoms in total. The molecule has 8 heteroatoms. The molecule has 0 aliphatic heterocycles. The summed E-state index contributed by atoms with van der Waals surface area (Å²) in [6, 6.07) is 5.71. The molecule has 1 saturated carbocycles. The molecule has 3 heterocycles. The fourth-order valence-electron chi connectivity index (χ4n) is 2.63.